The Morgan fingerprint density at radius 3 is 2.68 bits per heavy atom. The molecule has 2 aromatic rings. The second-order valence-corrected chi connectivity index (χ2v) is 3.78. The topological polar surface area (TPSA) is 31.9 Å². The Kier molecular flexibility index (Phi) is 9.07. The first-order chi connectivity index (χ1) is 8.42. The van der Waals surface area contributed by atoms with E-state index in [9.17, 15) is 0 Å². The van der Waals surface area contributed by atoms with Crippen LogP contribution in [0.15, 0.2) is 30.3 Å². The van der Waals surface area contributed by atoms with Crippen LogP contribution in [0.5, 0.6) is 0 Å². The standard InChI is InChI=1S/C12H12N3.C2H6.H2S.W/c1-2-6-11-10(5-1)13-12(14-11)9-15-7-3-4-8-15;1-2;;/h1-3,5-6H,7-9H2,(H,13,14);1-2H3;1H2;/q-1;;;+2/p-1. The van der Waals surface area contributed by atoms with E-state index in [0.717, 1.165) is 36.5 Å². The van der Waals surface area contributed by atoms with Crippen molar-refractivity contribution in [3.63, 3.8) is 0 Å². The molecule has 0 saturated carbocycles. The van der Waals surface area contributed by atoms with E-state index in [4.69, 9.17) is 0 Å². The van der Waals surface area contributed by atoms with Crippen LogP contribution >= 0.6 is 0 Å². The van der Waals surface area contributed by atoms with Gasteiger partial charge in [-0.1, -0.05) is 26.0 Å². The van der Waals surface area contributed by atoms with Gasteiger partial charge >= 0.3 is 21.1 Å². The normalized spacial score (nSPS) is 13.4. The van der Waals surface area contributed by atoms with Crippen LogP contribution in [0.2, 0.25) is 0 Å². The Bertz CT molecular complexity index is 469. The summed E-state index contributed by atoms with van der Waals surface area (Å²) in [5.41, 5.74) is 2.16. The Balaban J connectivity index is 0.000000776. The molecule has 1 aromatic carbocycles. The van der Waals surface area contributed by atoms with Crippen molar-refractivity contribution in [1.29, 1.82) is 0 Å². The molecule has 1 aliphatic heterocycles. The van der Waals surface area contributed by atoms with Gasteiger partial charge in [0, 0.05) is 0 Å². The van der Waals surface area contributed by atoms with Crippen LogP contribution in [-0.4, -0.2) is 28.0 Å². The fourth-order valence-electron chi connectivity index (χ4n) is 1.86. The fraction of sp³-hybridized carbons (Fsp3) is 0.357. The van der Waals surface area contributed by atoms with Gasteiger partial charge in [-0.25, -0.2) is 4.98 Å². The van der Waals surface area contributed by atoms with Crippen molar-refractivity contribution in [3.05, 3.63) is 42.2 Å². The zero-order chi connectivity index (χ0) is 12.1. The van der Waals surface area contributed by atoms with E-state index in [2.05, 4.69) is 33.1 Å². The molecule has 3 nitrogen and oxygen atoms in total. The predicted molar refractivity (Wildman–Crippen MR) is 79.3 cm³/mol. The molecule has 1 aliphatic rings. The van der Waals surface area contributed by atoms with Gasteiger partial charge in [0.2, 0.25) is 0 Å². The summed E-state index contributed by atoms with van der Waals surface area (Å²) in [5.74, 6) is 1.04. The number of imidazole rings is 1. The Morgan fingerprint density at radius 2 is 2.05 bits per heavy atom. The summed E-state index contributed by atoms with van der Waals surface area (Å²) < 4.78 is 0. The SMILES string of the molecule is CC.[C-]1=CCN(Cc2nc3ccccc3[nH]2)C1.[SH-].[W+2]. The summed E-state index contributed by atoms with van der Waals surface area (Å²) >= 11 is 0. The zero-order valence-electron chi connectivity index (χ0n) is 11.3. The Morgan fingerprint density at radius 1 is 1.32 bits per heavy atom. The van der Waals surface area contributed by atoms with Crippen molar-refractivity contribution in [2.24, 2.45) is 0 Å². The van der Waals surface area contributed by atoms with Gasteiger partial charge in [-0.2, -0.15) is 0 Å². The third-order valence-corrected chi connectivity index (χ3v) is 2.62. The summed E-state index contributed by atoms with van der Waals surface area (Å²) in [5, 5.41) is 0. The Labute approximate surface area is 136 Å². The number of nitrogens with zero attached hydrogens (tertiary/aromatic N) is 2. The smallest absolute Gasteiger partial charge is 0.813 e. The molecule has 0 aliphatic carbocycles. The van der Waals surface area contributed by atoms with Gasteiger partial charge in [0.25, 0.3) is 0 Å². The number of benzene rings is 1. The van der Waals surface area contributed by atoms with E-state index in [1.165, 1.54) is 0 Å². The third-order valence-electron chi connectivity index (χ3n) is 2.62. The van der Waals surface area contributed by atoms with E-state index in [1.54, 1.807) is 0 Å². The number of H-pyrrole nitrogens is 1. The molecule has 0 unspecified atom stereocenters. The van der Waals surface area contributed by atoms with Gasteiger partial charge in [-0.15, -0.1) is 6.54 Å². The van der Waals surface area contributed by atoms with Crippen molar-refractivity contribution in [1.82, 2.24) is 14.9 Å². The first-order valence-corrected chi connectivity index (χ1v) is 6.13. The van der Waals surface area contributed by atoms with Gasteiger partial charge in [-0.05, 0) is 18.7 Å². The van der Waals surface area contributed by atoms with Crippen molar-refractivity contribution < 1.29 is 21.1 Å². The zero-order valence-corrected chi connectivity index (χ0v) is 15.1. The van der Waals surface area contributed by atoms with Crippen LogP contribution in [0.25, 0.3) is 11.0 Å². The number of rotatable bonds is 2. The van der Waals surface area contributed by atoms with E-state index in [1.807, 2.05) is 32.0 Å². The average molecular weight is 445 g/mol. The number of aromatic amines is 1. The van der Waals surface area contributed by atoms with Crippen molar-refractivity contribution >= 4 is 24.5 Å². The van der Waals surface area contributed by atoms with Crippen molar-refractivity contribution in [2.45, 2.75) is 20.4 Å². The minimum atomic E-state index is 0. The quantitative estimate of drug-likeness (QED) is 0.438. The van der Waals surface area contributed by atoms with Gasteiger partial charge < -0.3 is 29.5 Å². The second-order valence-electron chi connectivity index (χ2n) is 3.78. The van der Waals surface area contributed by atoms with E-state index >= 15 is 0 Å². The van der Waals surface area contributed by atoms with Gasteiger partial charge in [-0.3, -0.25) is 6.08 Å². The summed E-state index contributed by atoms with van der Waals surface area (Å²) in [6.45, 7) is 6.77. The van der Waals surface area contributed by atoms with Crippen molar-refractivity contribution in [3.8, 4) is 0 Å². The van der Waals surface area contributed by atoms with Crippen LogP contribution in [0.1, 0.15) is 19.7 Å². The van der Waals surface area contributed by atoms with Crippen LogP contribution in [0.4, 0.5) is 0 Å². The number of para-hydroxylation sites is 2. The molecule has 1 aromatic heterocycles. The molecule has 0 atom stereocenters. The summed E-state index contributed by atoms with van der Waals surface area (Å²) in [6, 6.07) is 8.12. The third kappa shape index (κ3) is 4.79. The molecule has 5 heteroatoms. The molecular weight excluding hydrogens is 426 g/mol. The van der Waals surface area contributed by atoms with E-state index in [-0.39, 0.29) is 34.6 Å². The van der Waals surface area contributed by atoms with E-state index < -0.39 is 0 Å². The fourth-order valence-corrected chi connectivity index (χ4v) is 1.86. The minimum absolute atomic E-state index is 0. The van der Waals surface area contributed by atoms with Crippen LogP contribution in [0.3, 0.4) is 0 Å². The molecule has 0 spiro atoms. The summed E-state index contributed by atoms with van der Waals surface area (Å²) in [7, 11) is 0. The second kappa shape index (κ2) is 9.35. The molecule has 102 valence electrons. The number of thiol groups is 1. The molecule has 0 amide bonds. The number of aromatic nitrogens is 2. The molecule has 3 rings (SSSR count). The number of hydrogen-bond acceptors (Lipinski definition) is 3. The van der Waals surface area contributed by atoms with Gasteiger partial charge in [0.05, 0.1) is 17.6 Å². The summed E-state index contributed by atoms with van der Waals surface area (Å²) in [6.07, 6.45) is 5.26. The number of hydrogen-bond donors (Lipinski definition) is 1. The summed E-state index contributed by atoms with van der Waals surface area (Å²) in [4.78, 5) is 10.2. The first kappa shape index (κ1) is 18.4. The van der Waals surface area contributed by atoms with E-state index in [0.29, 0.717) is 0 Å². The van der Waals surface area contributed by atoms with Gasteiger partial charge in [0.15, 0.2) is 0 Å². The average Bonchev–Trinajstić information content (AvgIpc) is 3.00. The number of nitrogens with one attached hydrogen (secondary N) is 1. The monoisotopic (exact) mass is 445 g/mol. The maximum atomic E-state index is 4.54. The van der Waals surface area contributed by atoms with Crippen molar-refractivity contribution in [2.75, 3.05) is 13.1 Å². The first-order valence-electron chi connectivity index (χ1n) is 6.13. The molecule has 0 bridgehead atoms. The molecular formula is C14H19N3SW. The largest absolute Gasteiger partial charge is 2.00 e. The molecule has 0 saturated heterocycles. The van der Waals surface area contributed by atoms with Crippen LogP contribution in [-0.2, 0) is 41.1 Å². The van der Waals surface area contributed by atoms with Crippen LogP contribution in [0, 0.1) is 6.08 Å². The molecule has 2 heterocycles. The predicted octanol–water partition coefficient (Wildman–Crippen LogP) is 2.49. The molecule has 19 heavy (non-hydrogen) atoms. The molecule has 0 radical (unpaired) electrons. The molecule has 1 N–H and O–H groups in total. The maximum absolute atomic E-state index is 4.54. The van der Waals surface area contributed by atoms with Crippen LogP contribution < -0.4 is 0 Å². The maximum Gasteiger partial charge on any atom is 2.00 e. The Hall–Kier alpha value is -0.572. The minimum Gasteiger partial charge on any atom is -0.813 e. The number of fused-ring (bicyclic) bond motifs is 1. The van der Waals surface area contributed by atoms with Gasteiger partial charge in [0.1, 0.15) is 5.82 Å². The molecule has 0 fully saturated rings.